The van der Waals surface area contributed by atoms with Gasteiger partial charge >= 0.3 is 0 Å². The third-order valence-electron chi connectivity index (χ3n) is 4.98. The lowest BCUT2D eigenvalue weighted by molar-refractivity contribution is -0.127. The molecular formula is C20H17BrF2N2O3. The van der Waals surface area contributed by atoms with Gasteiger partial charge in [0.1, 0.15) is 17.4 Å². The Balaban J connectivity index is 1.48. The highest BCUT2D eigenvalue weighted by Gasteiger charge is 2.37. The smallest absolute Gasteiger partial charge is 0.227 e. The molecule has 0 aliphatic carbocycles. The van der Waals surface area contributed by atoms with E-state index in [2.05, 4.69) is 21.2 Å². The number of carbonyl (C=O) groups excluding carboxylic acids is 2. The quantitative estimate of drug-likeness (QED) is 0.774. The molecule has 1 saturated heterocycles. The average Bonchev–Trinajstić information content (AvgIpc) is 3.03. The van der Waals surface area contributed by atoms with Gasteiger partial charge in [0.2, 0.25) is 11.8 Å². The molecule has 2 aliphatic heterocycles. The van der Waals surface area contributed by atoms with Crippen molar-refractivity contribution in [2.24, 2.45) is 5.92 Å². The van der Waals surface area contributed by atoms with Crippen molar-refractivity contribution in [2.75, 3.05) is 18.1 Å². The van der Waals surface area contributed by atoms with Crippen LogP contribution in [-0.4, -0.2) is 25.0 Å². The van der Waals surface area contributed by atoms with Crippen LogP contribution in [0, 0.1) is 17.6 Å². The van der Waals surface area contributed by atoms with Crippen LogP contribution in [0.2, 0.25) is 0 Å². The lowest BCUT2D eigenvalue weighted by Gasteiger charge is -2.28. The molecule has 0 bridgehead atoms. The van der Waals surface area contributed by atoms with Crippen molar-refractivity contribution in [3.8, 4) is 5.75 Å². The number of anilines is 1. The van der Waals surface area contributed by atoms with Gasteiger partial charge in [-0.1, -0.05) is 15.9 Å². The van der Waals surface area contributed by atoms with Crippen molar-refractivity contribution >= 4 is 33.4 Å². The lowest BCUT2D eigenvalue weighted by atomic mass is 9.99. The summed E-state index contributed by atoms with van der Waals surface area (Å²) in [6, 6.07) is 8.33. The number of carbonyl (C=O) groups is 2. The minimum absolute atomic E-state index is 0.00146. The average molecular weight is 451 g/mol. The van der Waals surface area contributed by atoms with Crippen LogP contribution in [0.15, 0.2) is 40.9 Å². The van der Waals surface area contributed by atoms with Crippen molar-refractivity contribution in [2.45, 2.75) is 18.9 Å². The maximum atomic E-state index is 13.5. The third kappa shape index (κ3) is 3.73. The van der Waals surface area contributed by atoms with Gasteiger partial charge in [0, 0.05) is 41.2 Å². The number of ether oxygens (including phenoxy) is 1. The zero-order chi connectivity index (χ0) is 19.8. The SMILES string of the molecule is O=C(NC1CCOc2ccc(Br)cc21)C1CC(=O)N(c2cc(F)cc(F)c2)C1. The summed E-state index contributed by atoms with van der Waals surface area (Å²) in [5.41, 5.74) is 1.00. The van der Waals surface area contributed by atoms with E-state index in [4.69, 9.17) is 4.74 Å². The van der Waals surface area contributed by atoms with Gasteiger partial charge < -0.3 is 15.0 Å². The van der Waals surface area contributed by atoms with Gasteiger partial charge in [-0.25, -0.2) is 8.78 Å². The summed E-state index contributed by atoms with van der Waals surface area (Å²) in [5.74, 6) is -1.98. The van der Waals surface area contributed by atoms with E-state index < -0.39 is 17.6 Å². The molecule has 5 nitrogen and oxygen atoms in total. The van der Waals surface area contributed by atoms with Crippen LogP contribution in [0.3, 0.4) is 0 Å². The highest BCUT2D eigenvalue weighted by Crippen LogP contribution is 2.35. The molecule has 2 amide bonds. The summed E-state index contributed by atoms with van der Waals surface area (Å²) in [6.07, 6.45) is 0.618. The number of halogens is 3. The van der Waals surface area contributed by atoms with E-state index in [9.17, 15) is 18.4 Å². The number of hydrogen-bond acceptors (Lipinski definition) is 3. The molecule has 2 heterocycles. The van der Waals surface area contributed by atoms with Crippen molar-refractivity contribution in [3.63, 3.8) is 0 Å². The molecule has 0 saturated carbocycles. The zero-order valence-corrected chi connectivity index (χ0v) is 16.3. The minimum Gasteiger partial charge on any atom is -0.493 e. The molecule has 8 heteroatoms. The Hall–Kier alpha value is -2.48. The van der Waals surface area contributed by atoms with Crippen LogP contribution in [0.4, 0.5) is 14.5 Å². The van der Waals surface area contributed by atoms with Crippen LogP contribution < -0.4 is 15.0 Å². The summed E-state index contributed by atoms with van der Waals surface area (Å²) >= 11 is 3.42. The monoisotopic (exact) mass is 450 g/mol. The Morgan fingerprint density at radius 1 is 1.18 bits per heavy atom. The fourth-order valence-corrected chi connectivity index (χ4v) is 4.01. The van der Waals surface area contributed by atoms with Crippen LogP contribution in [0.1, 0.15) is 24.4 Å². The number of rotatable bonds is 3. The highest BCUT2D eigenvalue weighted by molar-refractivity contribution is 9.10. The molecule has 2 aliphatic rings. The molecule has 1 N–H and O–H groups in total. The highest BCUT2D eigenvalue weighted by atomic mass is 79.9. The normalized spacial score (nSPS) is 21.2. The number of nitrogens with zero attached hydrogens (tertiary/aromatic N) is 1. The first-order chi connectivity index (χ1) is 13.4. The van der Waals surface area contributed by atoms with Crippen LogP contribution >= 0.6 is 15.9 Å². The van der Waals surface area contributed by atoms with Crippen molar-refractivity contribution in [1.29, 1.82) is 0 Å². The zero-order valence-electron chi connectivity index (χ0n) is 14.8. The van der Waals surface area contributed by atoms with Gasteiger partial charge in [-0.05, 0) is 30.3 Å². The predicted molar refractivity (Wildman–Crippen MR) is 102 cm³/mol. The van der Waals surface area contributed by atoms with Crippen LogP contribution in [-0.2, 0) is 9.59 Å². The molecule has 2 aromatic carbocycles. The van der Waals surface area contributed by atoms with Gasteiger partial charge in [0.05, 0.1) is 18.6 Å². The molecular weight excluding hydrogens is 434 g/mol. The third-order valence-corrected chi connectivity index (χ3v) is 5.48. The van der Waals surface area contributed by atoms with E-state index in [0.717, 1.165) is 34.0 Å². The minimum atomic E-state index is -0.764. The number of amides is 2. The Morgan fingerprint density at radius 3 is 2.68 bits per heavy atom. The fraction of sp³-hybridized carbons (Fsp3) is 0.300. The maximum absolute atomic E-state index is 13.5. The number of hydrogen-bond donors (Lipinski definition) is 1. The molecule has 2 unspecified atom stereocenters. The molecule has 4 rings (SSSR count). The summed E-state index contributed by atoms with van der Waals surface area (Å²) in [7, 11) is 0. The maximum Gasteiger partial charge on any atom is 0.227 e. The van der Waals surface area contributed by atoms with Gasteiger partial charge in [-0.15, -0.1) is 0 Å². The van der Waals surface area contributed by atoms with Gasteiger partial charge in [-0.3, -0.25) is 9.59 Å². The van der Waals surface area contributed by atoms with Crippen molar-refractivity contribution < 1.29 is 23.1 Å². The first kappa shape index (κ1) is 18.9. The van der Waals surface area contributed by atoms with Gasteiger partial charge in [-0.2, -0.15) is 0 Å². The fourth-order valence-electron chi connectivity index (χ4n) is 3.63. The topological polar surface area (TPSA) is 58.6 Å². The van der Waals surface area contributed by atoms with E-state index >= 15 is 0 Å². The lowest BCUT2D eigenvalue weighted by Crippen LogP contribution is -2.37. The Kier molecular flexibility index (Phi) is 5.05. The van der Waals surface area contributed by atoms with E-state index in [1.54, 1.807) is 0 Å². The molecule has 0 aromatic heterocycles. The first-order valence-corrected chi connectivity index (χ1v) is 9.69. The number of fused-ring (bicyclic) bond motifs is 1. The van der Waals surface area contributed by atoms with E-state index in [0.29, 0.717) is 13.0 Å². The first-order valence-electron chi connectivity index (χ1n) is 8.90. The van der Waals surface area contributed by atoms with Gasteiger partial charge in [0.25, 0.3) is 0 Å². The van der Waals surface area contributed by atoms with E-state index in [1.165, 1.54) is 4.90 Å². The van der Waals surface area contributed by atoms with Crippen LogP contribution in [0.5, 0.6) is 5.75 Å². The summed E-state index contributed by atoms with van der Waals surface area (Å²) in [4.78, 5) is 26.4. The van der Waals surface area contributed by atoms with Crippen molar-refractivity contribution in [3.05, 3.63) is 58.1 Å². The second kappa shape index (κ2) is 7.50. The summed E-state index contributed by atoms with van der Waals surface area (Å²) < 4.78 is 33.5. The standard InChI is InChI=1S/C20H17BrF2N2O3/c21-12-1-2-18-16(6-12)17(3-4-28-18)24-20(27)11-5-19(26)25(10-11)15-8-13(22)7-14(23)9-15/h1-2,6-9,11,17H,3-5,10H2,(H,24,27). The number of nitrogens with one attached hydrogen (secondary N) is 1. The largest absolute Gasteiger partial charge is 0.493 e. The van der Waals surface area contributed by atoms with Crippen molar-refractivity contribution in [1.82, 2.24) is 5.32 Å². The predicted octanol–water partition coefficient (Wildman–Crippen LogP) is 3.72. The Bertz CT molecular complexity index is 933. The van der Waals surface area contributed by atoms with E-state index in [-0.39, 0.29) is 36.5 Å². The Labute approximate surface area is 168 Å². The molecule has 28 heavy (non-hydrogen) atoms. The Morgan fingerprint density at radius 2 is 1.93 bits per heavy atom. The molecule has 1 fully saturated rings. The van der Waals surface area contributed by atoms with E-state index in [1.807, 2.05) is 18.2 Å². The van der Waals surface area contributed by atoms with Crippen LogP contribution in [0.25, 0.3) is 0 Å². The molecule has 2 aromatic rings. The number of benzene rings is 2. The molecule has 146 valence electrons. The summed E-state index contributed by atoms with van der Waals surface area (Å²) in [5, 5.41) is 2.99. The molecule has 2 atom stereocenters. The molecule has 0 spiro atoms. The van der Waals surface area contributed by atoms with Gasteiger partial charge in [0.15, 0.2) is 0 Å². The molecule has 0 radical (unpaired) electrons. The second-order valence-corrected chi connectivity index (χ2v) is 7.83. The second-order valence-electron chi connectivity index (χ2n) is 6.91. The summed E-state index contributed by atoms with van der Waals surface area (Å²) in [6.45, 7) is 0.569.